The fourth-order valence-corrected chi connectivity index (χ4v) is 5.78. The molecule has 4 saturated heterocycles. The molecule has 0 bridgehead atoms. The van der Waals surface area contributed by atoms with Gasteiger partial charge in [-0.3, -0.25) is 9.69 Å². The third-order valence-corrected chi connectivity index (χ3v) is 7.50. The van der Waals surface area contributed by atoms with Gasteiger partial charge in [0.1, 0.15) is 12.4 Å². The first-order valence-corrected chi connectivity index (χ1v) is 12.1. The summed E-state index contributed by atoms with van der Waals surface area (Å²) in [6.45, 7) is 5.84. The van der Waals surface area contributed by atoms with Crippen molar-refractivity contribution in [3.8, 4) is 0 Å². The molecule has 0 spiro atoms. The van der Waals surface area contributed by atoms with Gasteiger partial charge < -0.3 is 24.6 Å². The van der Waals surface area contributed by atoms with Gasteiger partial charge in [0.15, 0.2) is 0 Å². The summed E-state index contributed by atoms with van der Waals surface area (Å²) >= 11 is 0. The minimum absolute atomic E-state index is 0.00229. The van der Waals surface area contributed by atoms with Crippen molar-refractivity contribution in [2.45, 2.75) is 37.5 Å². The Kier molecular flexibility index (Phi) is 6.80. The molecule has 1 aromatic rings. The van der Waals surface area contributed by atoms with Gasteiger partial charge in [0.05, 0.1) is 25.4 Å². The fraction of sp³-hybridized carbons (Fsp3) is 0.667. The molecule has 4 aliphatic rings. The number of likely N-dealkylation sites (tertiary alicyclic amines) is 2. The maximum Gasteiger partial charge on any atom is 0.320 e. The van der Waals surface area contributed by atoms with Gasteiger partial charge in [-0.1, -0.05) is 12.1 Å². The van der Waals surface area contributed by atoms with Crippen molar-refractivity contribution in [3.63, 3.8) is 0 Å². The van der Waals surface area contributed by atoms with Crippen LogP contribution in [0.5, 0.6) is 0 Å². The lowest BCUT2D eigenvalue weighted by molar-refractivity contribution is -0.139. The quantitative estimate of drug-likeness (QED) is 0.742. The van der Waals surface area contributed by atoms with E-state index in [1.54, 1.807) is 12.1 Å². The van der Waals surface area contributed by atoms with E-state index in [1.807, 2.05) is 21.9 Å². The number of fused-ring (bicyclic) bond motifs is 1. The van der Waals surface area contributed by atoms with E-state index in [0.29, 0.717) is 45.3 Å². The monoisotopic (exact) mass is 460 g/mol. The molecule has 0 radical (unpaired) electrons. The summed E-state index contributed by atoms with van der Waals surface area (Å²) in [6, 6.07) is 7.02. The average molecular weight is 461 g/mol. The predicted molar refractivity (Wildman–Crippen MR) is 119 cm³/mol. The molecule has 33 heavy (non-hydrogen) atoms. The van der Waals surface area contributed by atoms with Crippen LogP contribution in [0.1, 0.15) is 30.9 Å². The first-order valence-electron chi connectivity index (χ1n) is 12.1. The van der Waals surface area contributed by atoms with Crippen molar-refractivity contribution in [2.24, 2.45) is 5.92 Å². The molecule has 0 aromatic heterocycles. The highest BCUT2D eigenvalue weighted by Gasteiger charge is 2.39. The Balaban J connectivity index is 1.21. The summed E-state index contributed by atoms with van der Waals surface area (Å²) in [6.07, 6.45) is 2.56. The number of hydrogen-bond acceptors (Lipinski definition) is 5. The summed E-state index contributed by atoms with van der Waals surface area (Å²) in [5.41, 5.74) is 1.14. The zero-order chi connectivity index (χ0) is 22.8. The van der Waals surface area contributed by atoms with Gasteiger partial charge in [0.25, 0.3) is 0 Å². The van der Waals surface area contributed by atoms with Crippen molar-refractivity contribution in [1.29, 1.82) is 0 Å². The van der Waals surface area contributed by atoms with E-state index < -0.39 is 0 Å². The molecule has 3 unspecified atom stereocenters. The number of carbonyl (C=O) groups is 2. The Bertz CT molecular complexity index is 839. The van der Waals surface area contributed by atoms with Crippen molar-refractivity contribution in [2.75, 3.05) is 59.1 Å². The second-order valence-electron chi connectivity index (χ2n) is 9.51. The van der Waals surface area contributed by atoms with E-state index in [4.69, 9.17) is 9.47 Å². The van der Waals surface area contributed by atoms with Crippen molar-refractivity contribution in [3.05, 3.63) is 35.6 Å². The Morgan fingerprint density at radius 1 is 1.00 bits per heavy atom. The molecule has 0 saturated carbocycles. The molecule has 9 heteroatoms. The Morgan fingerprint density at radius 3 is 2.42 bits per heavy atom. The molecule has 1 aromatic carbocycles. The summed E-state index contributed by atoms with van der Waals surface area (Å²) in [7, 11) is 0. The van der Waals surface area contributed by atoms with Crippen molar-refractivity contribution < 1.29 is 23.5 Å². The van der Waals surface area contributed by atoms with E-state index in [2.05, 4.69) is 10.2 Å². The van der Waals surface area contributed by atoms with Crippen LogP contribution in [0.4, 0.5) is 9.18 Å². The van der Waals surface area contributed by atoms with Crippen LogP contribution in [-0.2, 0) is 14.3 Å². The van der Waals surface area contributed by atoms with Crippen LogP contribution in [-0.4, -0.2) is 97.9 Å². The van der Waals surface area contributed by atoms with Gasteiger partial charge in [0.2, 0.25) is 5.91 Å². The van der Waals surface area contributed by atoms with Gasteiger partial charge in [-0.05, 0) is 42.9 Å². The molecule has 4 aliphatic heterocycles. The highest BCUT2D eigenvalue weighted by molar-refractivity contribution is 5.79. The van der Waals surface area contributed by atoms with Gasteiger partial charge in [-0.25, -0.2) is 9.18 Å². The number of piperidine rings is 2. The number of halogens is 1. The Hall–Kier alpha value is -2.23. The fourth-order valence-electron chi connectivity index (χ4n) is 5.78. The van der Waals surface area contributed by atoms with E-state index >= 15 is 0 Å². The maximum atomic E-state index is 13.6. The van der Waals surface area contributed by atoms with Crippen LogP contribution in [0.3, 0.4) is 0 Å². The molecular formula is C24H33FN4O4. The summed E-state index contributed by atoms with van der Waals surface area (Å²) in [5.74, 6) is 0.0684. The maximum absolute atomic E-state index is 13.6. The van der Waals surface area contributed by atoms with E-state index in [1.165, 1.54) is 0 Å². The summed E-state index contributed by atoms with van der Waals surface area (Å²) < 4.78 is 24.7. The third-order valence-electron chi connectivity index (χ3n) is 7.50. The molecule has 180 valence electrons. The zero-order valence-electron chi connectivity index (χ0n) is 19.0. The number of amides is 3. The largest absolute Gasteiger partial charge is 0.379 e. The van der Waals surface area contributed by atoms with Gasteiger partial charge in [-0.2, -0.15) is 0 Å². The topological polar surface area (TPSA) is 74.4 Å². The number of ether oxygens (including phenoxy) is 2. The molecule has 8 nitrogen and oxygen atoms in total. The molecule has 0 aliphatic carbocycles. The van der Waals surface area contributed by atoms with Gasteiger partial charge >= 0.3 is 6.03 Å². The second kappa shape index (κ2) is 9.95. The molecule has 3 atom stereocenters. The third kappa shape index (κ3) is 5.00. The summed E-state index contributed by atoms with van der Waals surface area (Å²) in [4.78, 5) is 31.2. The van der Waals surface area contributed by atoms with Crippen molar-refractivity contribution in [1.82, 2.24) is 20.0 Å². The molecule has 4 fully saturated rings. The number of benzene rings is 1. The molecule has 3 amide bonds. The second-order valence-corrected chi connectivity index (χ2v) is 9.51. The average Bonchev–Trinajstić information content (AvgIpc) is 2.85. The zero-order valence-corrected chi connectivity index (χ0v) is 19.0. The SMILES string of the molecule is O=C1COC2CCN(C(=O)N3CCC(C(c4ccc(F)cc4)N4CCOCC4)CC3)CC2N1. The van der Waals surface area contributed by atoms with Crippen LogP contribution in [0, 0.1) is 11.7 Å². The lowest BCUT2D eigenvalue weighted by Crippen LogP contribution is -2.62. The van der Waals surface area contributed by atoms with Gasteiger partial charge in [0, 0.05) is 45.3 Å². The number of hydrogen-bond donors (Lipinski definition) is 1. The normalized spacial score (nSPS) is 28.2. The Labute approximate surface area is 194 Å². The first kappa shape index (κ1) is 22.6. The minimum atomic E-state index is -0.219. The van der Waals surface area contributed by atoms with E-state index in [9.17, 15) is 14.0 Å². The number of carbonyl (C=O) groups excluding carboxylic acids is 2. The van der Waals surface area contributed by atoms with Crippen LogP contribution >= 0.6 is 0 Å². The predicted octanol–water partition coefficient (Wildman–Crippen LogP) is 1.62. The number of rotatable bonds is 3. The summed E-state index contributed by atoms with van der Waals surface area (Å²) in [5, 5.41) is 2.97. The number of nitrogens with one attached hydrogen (secondary N) is 1. The lowest BCUT2D eigenvalue weighted by atomic mass is 9.84. The van der Waals surface area contributed by atoms with Crippen molar-refractivity contribution >= 4 is 11.9 Å². The van der Waals surface area contributed by atoms with E-state index in [-0.39, 0.29) is 42.6 Å². The highest BCUT2D eigenvalue weighted by atomic mass is 19.1. The first-order chi connectivity index (χ1) is 16.1. The standard InChI is InChI=1S/C24H33FN4O4/c25-19-3-1-17(2-4-19)23(27-11-13-32-14-12-27)18-5-8-28(9-6-18)24(31)29-10-7-21-20(15-29)26-22(30)16-33-21/h1-4,18,20-21,23H,5-16H2,(H,26,30). The highest BCUT2D eigenvalue weighted by Crippen LogP contribution is 2.36. The smallest absolute Gasteiger partial charge is 0.320 e. The molecule has 1 N–H and O–H groups in total. The molecule has 5 rings (SSSR count). The minimum Gasteiger partial charge on any atom is -0.379 e. The number of urea groups is 1. The van der Waals surface area contributed by atoms with Gasteiger partial charge in [-0.15, -0.1) is 0 Å². The Morgan fingerprint density at radius 2 is 1.70 bits per heavy atom. The van der Waals surface area contributed by atoms with Crippen LogP contribution in [0.2, 0.25) is 0 Å². The van der Waals surface area contributed by atoms with E-state index in [0.717, 1.165) is 37.9 Å². The lowest BCUT2D eigenvalue weighted by Gasteiger charge is -2.45. The van der Waals surface area contributed by atoms with Crippen LogP contribution in [0.25, 0.3) is 0 Å². The number of morpholine rings is 2. The number of nitrogens with zero attached hydrogens (tertiary/aromatic N) is 3. The van der Waals surface area contributed by atoms with Crippen LogP contribution < -0.4 is 5.32 Å². The molecular weight excluding hydrogens is 427 g/mol. The molecule has 4 heterocycles. The van der Waals surface area contributed by atoms with Crippen LogP contribution in [0.15, 0.2) is 24.3 Å².